The summed E-state index contributed by atoms with van der Waals surface area (Å²) in [5.74, 6) is 0.444. The largest absolute Gasteiger partial charge is 0.352 e. The molecule has 3 rings (SSSR count). The van der Waals surface area contributed by atoms with Crippen LogP contribution in [0, 0.1) is 19.8 Å². The summed E-state index contributed by atoms with van der Waals surface area (Å²) in [7, 11) is 0. The maximum Gasteiger partial charge on any atom is 0.258 e. The highest BCUT2D eigenvalue weighted by Gasteiger charge is 2.20. The van der Waals surface area contributed by atoms with E-state index in [2.05, 4.69) is 20.8 Å². The molecule has 100 valence electrons. The molecule has 0 aromatic carbocycles. The molecule has 6 nitrogen and oxygen atoms in total. The molecule has 1 fully saturated rings. The average Bonchev–Trinajstić information content (AvgIpc) is 2.67. The fraction of sp³-hybridized carbons (Fsp3) is 0.462. The minimum atomic E-state index is -0.0892. The lowest BCUT2D eigenvalue weighted by molar-refractivity contribution is 0.0943. The van der Waals surface area contributed by atoms with Crippen LogP contribution in [0.5, 0.6) is 0 Å². The molecule has 0 atom stereocenters. The predicted molar refractivity (Wildman–Crippen MR) is 70.0 cm³/mol. The Hall–Kier alpha value is -1.95. The molecule has 0 saturated carbocycles. The fourth-order valence-electron chi connectivity index (χ4n) is 2.22. The summed E-state index contributed by atoms with van der Waals surface area (Å²) >= 11 is 0. The molecule has 1 aliphatic rings. The van der Waals surface area contributed by atoms with Crippen LogP contribution in [0.25, 0.3) is 11.1 Å². The maximum absolute atomic E-state index is 12.3. The molecule has 0 aliphatic carbocycles. The van der Waals surface area contributed by atoms with Gasteiger partial charge in [-0.2, -0.15) is 0 Å². The molecule has 0 unspecified atom stereocenters. The molecule has 2 aromatic rings. The van der Waals surface area contributed by atoms with Gasteiger partial charge < -0.3 is 15.2 Å². The SMILES string of the molecule is Cc1cc(C(=O)NCC2CNC2)c2c(C)noc2n1. The third-order valence-electron chi connectivity index (χ3n) is 3.41. The quantitative estimate of drug-likeness (QED) is 0.852. The van der Waals surface area contributed by atoms with Crippen LogP contribution in [-0.2, 0) is 0 Å². The molecular weight excluding hydrogens is 244 g/mol. The summed E-state index contributed by atoms with van der Waals surface area (Å²) in [6, 6.07) is 1.78. The topological polar surface area (TPSA) is 80.0 Å². The number of fused-ring (bicyclic) bond motifs is 1. The fourth-order valence-corrected chi connectivity index (χ4v) is 2.22. The summed E-state index contributed by atoms with van der Waals surface area (Å²) in [4.78, 5) is 16.5. The van der Waals surface area contributed by atoms with Gasteiger partial charge in [0.05, 0.1) is 16.6 Å². The van der Waals surface area contributed by atoms with Gasteiger partial charge in [-0.05, 0) is 19.9 Å². The second-order valence-corrected chi connectivity index (χ2v) is 4.99. The summed E-state index contributed by atoms with van der Waals surface area (Å²) in [5.41, 5.74) is 2.46. The van der Waals surface area contributed by atoms with Crippen LogP contribution in [0.15, 0.2) is 10.6 Å². The zero-order valence-corrected chi connectivity index (χ0v) is 11.0. The van der Waals surface area contributed by atoms with Crippen LogP contribution in [0.4, 0.5) is 0 Å². The van der Waals surface area contributed by atoms with E-state index in [0.29, 0.717) is 34.8 Å². The highest BCUT2D eigenvalue weighted by atomic mass is 16.5. The minimum Gasteiger partial charge on any atom is -0.352 e. The zero-order chi connectivity index (χ0) is 13.4. The Morgan fingerprint density at radius 2 is 2.32 bits per heavy atom. The highest BCUT2D eigenvalue weighted by Crippen LogP contribution is 2.21. The Balaban J connectivity index is 1.89. The first-order valence-electron chi connectivity index (χ1n) is 6.37. The van der Waals surface area contributed by atoms with Crippen molar-refractivity contribution < 1.29 is 9.32 Å². The standard InChI is InChI=1S/C13H16N4O2/c1-7-3-10(11-8(2)17-19-13(11)16-7)12(18)15-6-9-4-14-5-9/h3,9,14H,4-6H2,1-2H3,(H,15,18). The van der Waals surface area contributed by atoms with Crippen LogP contribution >= 0.6 is 0 Å². The van der Waals surface area contributed by atoms with E-state index in [9.17, 15) is 4.79 Å². The molecule has 2 aromatic heterocycles. The number of carbonyl (C=O) groups excluding carboxylic acids is 1. The lowest BCUT2D eigenvalue weighted by atomic mass is 10.0. The number of nitrogens with one attached hydrogen (secondary N) is 2. The van der Waals surface area contributed by atoms with Crippen molar-refractivity contribution in [3.05, 3.63) is 23.0 Å². The first-order valence-corrected chi connectivity index (χ1v) is 6.37. The molecule has 1 aliphatic heterocycles. The van der Waals surface area contributed by atoms with Crippen molar-refractivity contribution in [3.63, 3.8) is 0 Å². The van der Waals surface area contributed by atoms with Crippen LogP contribution in [-0.4, -0.2) is 35.7 Å². The van der Waals surface area contributed by atoms with E-state index in [1.54, 1.807) is 6.07 Å². The Labute approximate surface area is 110 Å². The molecule has 3 heterocycles. The van der Waals surface area contributed by atoms with E-state index in [0.717, 1.165) is 18.8 Å². The molecule has 0 spiro atoms. The zero-order valence-electron chi connectivity index (χ0n) is 11.0. The van der Waals surface area contributed by atoms with E-state index in [4.69, 9.17) is 4.52 Å². The lowest BCUT2D eigenvalue weighted by Crippen LogP contribution is -2.48. The first kappa shape index (κ1) is 12.1. The van der Waals surface area contributed by atoms with Crippen molar-refractivity contribution in [1.29, 1.82) is 0 Å². The third kappa shape index (κ3) is 2.19. The maximum atomic E-state index is 12.3. The number of nitrogens with zero attached hydrogens (tertiary/aromatic N) is 2. The van der Waals surface area contributed by atoms with Crippen molar-refractivity contribution in [2.75, 3.05) is 19.6 Å². The van der Waals surface area contributed by atoms with Crippen molar-refractivity contribution in [1.82, 2.24) is 20.8 Å². The van der Waals surface area contributed by atoms with Crippen LogP contribution in [0.3, 0.4) is 0 Å². The second-order valence-electron chi connectivity index (χ2n) is 4.99. The van der Waals surface area contributed by atoms with Gasteiger partial charge in [0.2, 0.25) is 0 Å². The normalized spacial score (nSPS) is 15.5. The van der Waals surface area contributed by atoms with E-state index in [1.165, 1.54) is 0 Å². The molecule has 19 heavy (non-hydrogen) atoms. The van der Waals surface area contributed by atoms with Gasteiger partial charge in [0.25, 0.3) is 11.6 Å². The van der Waals surface area contributed by atoms with Crippen LogP contribution in [0.1, 0.15) is 21.7 Å². The number of pyridine rings is 1. The Kier molecular flexibility index (Phi) is 2.94. The summed E-state index contributed by atoms with van der Waals surface area (Å²) in [5, 5.41) is 10.7. The Bertz CT molecular complexity index is 631. The van der Waals surface area contributed by atoms with Gasteiger partial charge in [-0.1, -0.05) is 5.16 Å². The van der Waals surface area contributed by atoms with E-state index in [1.807, 2.05) is 13.8 Å². The van der Waals surface area contributed by atoms with Gasteiger partial charge >= 0.3 is 0 Å². The number of hydrogen-bond donors (Lipinski definition) is 2. The molecule has 6 heteroatoms. The van der Waals surface area contributed by atoms with Gasteiger partial charge in [-0.25, -0.2) is 4.98 Å². The highest BCUT2D eigenvalue weighted by molar-refractivity contribution is 6.06. The molecule has 1 saturated heterocycles. The van der Waals surface area contributed by atoms with Crippen molar-refractivity contribution >= 4 is 17.0 Å². The van der Waals surface area contributed by atoms with E-state index >= 15 is 0 Å². The number of aromatic nitrogens is 2. The number of aryl methyl sites for hydroxylation is 2. The second kappa shape index (κ2) is 4.62. The molecule has 0 bridgehead atoms. The van der Waals surface area contributed by atoms with Gasteiger partial charge in [0.15, 0.2) is 0 Å². The van der Waals surface area contributed by atoms with Gasteiger partial charge in [0.1, 0.15) is 0 Å². The number of rotatable bonds is 3. The number of hydrogen-bond acceptors (Lipinski definition) is 5. The number of carbonyl (C=O) groups is 1. The Morgan fingerprint density at radius 3 is 3.00 bits per heavy atom. The lowest BCUT2D eigenvalue weighted by Gasteiger charge is -2.27. The molecule has 0 radical (unpaired) electrons. The third-order valence-corrected chi connectivity index (χ3v) is 3.41. The van der Waals surface area contributed by atoms with Gasteiger partial charge in [-0.3, -0.25) is 4.79 Å². The number of amides is 1. The first-order chi connectivity index (χ1) is 9.15. The monoisotopic (exact) mass is 260 g/mol. The average molecular weight is 260 g/mol. The minimum absolute atomic E-state index is 0.0892. The molecular formula is C13H16N4O2. The van der Waals surface area contributed by atoms with Gasteiger partial charge in [0, 0.05) is 31.2 Å². The van der Waals surface area contributed by atoms with Crippen molar-refractivity contribution in [2.24, 2.45) is 5.92 Å². The van der Waals surface area contributed by atoms with Crippen LogP contribution in [0.2, 0.25) is 0 Å². The summed E-state index contributed by atoms with van der Waals surface area (Å²) < 4.78 is 5.13. The van der Waals surface area contributed by atoms with E-state index < -0.39 is 0 Å². The predicted octanol–water partition coefficient (Wildman–Crippen LogP) is 0.789. The smallest absolute Gasteiger partial charge is 0.258 e. The van der Waals surface area contributed by atoms with Crippen molar-refractivity contribution in [2.45, 2.75) is 13.8 Å². The molecule has 1 amide bonds. The summed E-state index contributed by atoms with van der Waals surface area (Å²) in [6.07, 6.45) is 0. The van der Waals surface area contributed by atoms with E-state index in [-0.39, 0.29) is 5.91 Å². The van der Waals surface area contributed by atoms with Crippen LogP contribution < -0.4 is 10.6 Å². The summed E-state index contributed by atoms with van der Waals surface area (Å²) in [6.45, 7) is 6.28. The van der Waals surface area contributed by atoms with Crippen molar-refractivity contribution in [3.8, 4) is 0 Å². The van der Waals surface area contributed by atoms with Gasteiger partial charge in [-0.15, -0.1) is 0 Å². The Morgan fingerprint density at radius 1 is 1.53 bits per heavy atom. The molecule has 2 N–H and O–H groups in total.